The van der Waals surface area contributed by atoms with Crippen LogP contribution in [0.15, 0.2) is 58.2 Å². The number of rotatable bonds is 9. The lowest BCUT2D eigenvalue weighted by molar-refractivity contribution is -0.113. The summed E-state index contributed by atoms with van der Waals surface area (Å²) in [5.74, 6) is 1.46. The van der Waals surface area contributed by atoms with Crippen molar-refractivity contribution in [3.05, 3.63) is 64.4 Å². The fourth-order valence-electron chi connectivity index (χ4n) is 2.89. The van der Waals surface area contributed by atoms with E-state index in [4.69, 9.17) is 4.74 Å². The van der Waals surface area contributed by atoms with Crippen LogP contribution in [0.4, 0.5) is 5.69 Å². The van der Waals surface area contributed by atoms with Crippen LogP contribution in [0, 0.1) is 0 Å². The summed E-state index contributed by atoms with van der Waals surface area (Å²) >= 11 is 4.73. The topological polar surface area (TPSA) is 86.1 Å². The number of anilines is 1. The van der Waals surface area contributed by atoms with E-state index in [-0.39, 0.29) is 23.5 Å². The number of hydrogen-bond donors (Lipinski definition) is 1. The highest BCUT2D eigenvalue weighted by molar-refractivity contribution is 9.10. The summed E-state index contributed by atoms with van der Waals surface area (Å²) < 4.78 is 8.92. The minimum Gasteiger partial charge on any atom is -0.483 e. The van der Waals surface area contributed by atoms with Gasteiger partial charge in [-0.1, -0.05) is 27.7 Å². The molecular formula is C22H23BrN4O3S. The van der Waals surface area contributed by atoms with Gasteiger partial charge < -0.3 is 14.6 Å². The lowest BCUT2D eigenvalue weighted by Gasteiger charge is -2.15. The Morgan fingerprint density at radius 2 is 1.81 bits per heavy atom. The van der Waals surface area contributed by atoms with Crippen LogP contribution in [0.1, 0.15) is 43.1 Å². The Hall–Kier alpha value is -2.65. The molecule has 1 heterocycles. The number of ether oxygens (including phenoxy) is 1. The van der Waals surface area contributed by atoms with Gasteiger partial charge in [-0.3, -0.25) is 9.59 Å². The standard InChI is InChI=1S/C22H23BrN4O3S/c1-4-27-21(15(3)30-19-11-7-17(23)8-12-19)25-26-22(27)31-13-20(29)24-18-9-5-16(6-10-18)14(2)28/h5-12,15H,4,13H2,1-3H3,(H,24,29). The summed E-state index contributed by atoms with van der Waals surface area (Å²) in [4.78, 5) is 23.7. The Morgan fingerprint density at radius 1 is 1.13 bits per heavy atom. The first-order chi connectivity index (χ1) is 14.9. The van der Waals surface area contributed by atoms with E-state index in [0.29, 0.717) is 28.8 Å². The second kappa shape index (κ2) is 10.6. The van der Waals surface area contributed by atoms with Crippen LogP contribution in [0.5, 0.6) is 5.75 Å². The molecule has 3 rings (SSSR count). The van der Waals surface area contributed by atoms with Gasteiger partial charge in [-0.15, -0.1) is 10.2 Å². The van der Waals surface area contributed by atoms with Crippen LogP contribution < -0.4 is 10.1 Å². The summed E-state index contributed by atoms with van der Waals surface area (Å²) in [5.41, 5.74) is 1.25. The smallest absolute Gasteiger partial charge is 0.234 e. The summed E-state index contributed by atoms with van der Waals surface area (Å²) in [5, 5.41) is 12.0. The minimum atomic E-state index is -0.295. The average Bonchev–Trinajstić information content (AvgIpc) is 3.17. The second-order valence-electron chi connectivity index (χ2n) is 6.77. The third-order valence-corrected chi connectivity index (χ3v) is 5.95. The predicted octanol–water partition coefficient (Wildman–Crippen LogP) is 5.13. The first-order valence-corrected chi connectivity index (χ1v) is 11.5. The summed E-state index contributed by atoms with van der Waals surface area (Å²) in [7, 11) is 0. The van der Waals surface area contributed by atoms with Gasteiger partial charge in [-0.2, -0.15) is 0 Å². The van der Waals surface area contributed by atoms with E-state index in [1.807, 2.05) is 42.7 Å². The molecule has 0 aliphatic rings. The molecule has 0 fully saturated rings. The molecule has 1 amide bonds. The lowest BCUT2D eigenvalue weighted by Crippen LogP contribution is -2.15. The SMILES string of the molecule is CCn1c(SCC(=O)Nc2ccc(C(C)=O)cc2)nnc1C(C)Oc1ccc(Br)cc1. The first-order valence-electron chi connectivity index (χ1n) is 9.76. The molecule has 9 heteroatoms. The van der Waals surface area contributed by atoms with E-state index < -0.39 is 0 Å². The first kappa shape index (κ1) is 23.0. The molecule has 2 aromatic carbocycles. The molecule has 1 unspecified atom stereocenters. The zero-order valence-corrected chi connectivity index (χ0v) is 19.9. The average molecular weight is 503 g/mol. The molecule has 0 spiro atoms. The molecule has 0 saturated heterocycles. The van der Waals surface area contributed by atoms with Gasteiger partial charge in [0, 0.05) is 22.3 Å². The van der Waals surface area contributed by atoms with Gasteiger partial charge in [0.25, 0.3) is 0 Å². The maximum atomic E-state index is 12.3. The summed E-state index contributed by atoms with van der Waals surface area (Å²) in [6.45, 7) is 6.09. The van der Waals surface area contributed by atoms with Crippen molar-refractivity contribution in [2.75, 3.05) is 11.1 Å². The number of Topliss-reactive ketones (excluding diaryl/α,β-unsaturated/α-hetero) is 1. The van der Waals surface area contributed by atoms with Crippen molar-refractivity contribution >= 4 is 45.1 Å². The highest BCUT2D eigenvalue weighted by Crippen LogP contribution is 2.25. The molecule has 0 aliphatic carbocycles. The molecule has 0 bridgehead atoms. The fourth-order valence-corrected chi connectivity index (χ4v) is 3.96. The molecule has 1 atom stereocenters. The Morgan fingerprint density at radius 3 is 2.42 bits per heavy atom. The number of benzene rings is 2. The number of thioether (sulfide) groups is 1. The van der Waals surface area contributed by atoms with Gasteiger partial charge in [0.15, 0.2) is 22.9 Å². The Balaban J connectivity index is 1.60. The van der Waals surface area contributed by atoms with Crippen molar-refractivity contribution < 1.29 is 14.3 Å². The summed E-state index contributed by atoms with van der Waals surface area (Å²) in [6, 6.07) is 14.4. The van der Waals surface area contributed by atoms with Crippen LogP contribution in [0.3, 0.4) is 0 Å². The molecule has 0 aliphatic heterocycles. The fraction of sp³-hybridized carbons (Fsp3) is 0.273. The molecule has 7 nitrogen and oxygen atoms in total. The lowest BCUT2D eigenvalue weighted by atomic mass is 10.1. The number of nitrogens with one attached hydrogen (secondary N) is 1. The van der Waals surface area contributed by atoms with E-state index >= 15 is 0 Å². The third kappa shape index (κ3) is 6.18. The molecule has 1 aromatic heterocycles. The summed E-state index contributed by atoms with van der Waals surface area (Å²) in [6.07, 6.45) is -0.295. The van der Waals surface area contributed by atoms with E-state index in [2.05, 4.69) is 31.4 Å². The van der Waals surface area contributed by atoms with Crippen LogP contribution >= 0.6 is 27.7 Å². The van der Waals surface area contributed by atoms with Crippen molar-refractivity contribution in [3.63, 3.8) is 0 Å². The Kier molecular flexibility index (Phi) is 7.86. The molecule has 31 heavy (non-hydrogen) atoms. The Bertz CT molecular complexity index is 1050. The van der Waals surface area contributed by atoms with E-state index in [1.165, 1.54) is 18.7 Å². The van der Waals surface area contributed by atoms with Crippen molar-refractivity contribution in [1.82, 2.24) is 14.8 Å². The van der Waals surface area contributed by atoms with Gasteiger partial charge in [0.05, 0.1) is 5.75 Å². The molecule has 3 aromatic rings. The Labute approximate surface area is 193 Å². The molecule has 1 N–H and O–H groups in total. The normalized spacial score (nSPS) is 11.7. The largest absolute Gasteiger partial charge is 0.483 e. The number of aromatic nitrogens is 3. The number of carbonyl (C=O) groups excluding carboxylic acids is 2. The van der Waals surface area contributed by atoms with Gasteiger partial charge in [-0.25, -0.2) is 0 Å². The van der Waals surface area contributed by atoms with Crippen molar-refractivity contribution in [2.45, 2.75) is 38.6 Å². The van der Waals surface area contributed by atoms with Crippen molar-refractivity contribution in [3.8, 4) is 5.75 Å². The molecule has 162 valence electrons. The van der Waals surface area contributed by atoms with Gasteiger partial charge in [0.1, 0.15) is 5.75 Å². The maximum Gasteiger partial charge on any atom is 0.234 e. The molecular weight excluding hydrogens is 480 g/mol. The van der Waals surface area contributed by atoms with E-state index in [9.17, 15) is 9.59 Å². The number of carbonyl (C=O) groups is 2. The van der Waals surface area contributed by atoms with Crippen LogP contribution in [0.2, 0.25) is 0 Å². The molecule has 0 saturated carbocycles. The monoisotopic (exact) mass is 502 g/mol. The van der Waals surface area contributed by atoms with Gasteiger partial charge >= 0.3 is 0 Å². The van der Waals surface area contributed by atoms with Crippen LogP contribution in [-0.2, 0) is 11.3 Å². The van der Waals surface area contributed by atoms with Crippen molar-refractivity contribution in [2.24, 2.45) is 0 Å². The second-order valence-corrected chi connectivity index (χ2v) is 8.63. The van der Waals surface area contributed by atoms with Crippen LogP contribution in [0.25, 0.3) is 0 Å². The van der Waals surface area contributed by atoms with Crippen LogP contribution in [-0.4, -0.2) is 32.2 Å². The predicted molar refractivity (Wildman–Crippen MR) is 125 cm³/mol. The number of ketones is 1. The zero-order chi connectivity index (χ0) is 22.4. The maximum absolute atomic E-state index is 12.3. The minimum absolute atomic E-state index is 0.0125. The number of nitrogens with zero attached hydrogens (tertiary/aromatic N) is 3. The van der Waals surface area contributed by atoms with Gasteiger partial charge in [0.2, 0.25) is 5.91 Å². The highest BCUT2D eigenvalue weighted by Gasteiger charge is 2.19. The third-order valence-electron chi connectivity index (χ3n) is 4.46. The zero-order valence-electron chi connectivity index (χ0n) is 17.5. The van der Waals surface area contributed by atoms with E-state index in [1.54, 1.807) is 24.3 Å². The quantitative estimate of drug-likeness (QED) is 0.322. The van der Waals surface area contributed by atoms with Gasteiger partial charge in [-0.05, 0) is 69.3 Å². The van der Waals surface area contributed by atoms with E-state index in [0.717, 1.165) is 10.2 Å². The highest BCUT2D eigenvalue weighted by atomic mass is 79.9. The number of amides is 1. The number of halogens is 1. The number of hydrogen-bond acceptors (Lipinski definition) is 6. The molecule has 0 radical (unpaired) electrons. The van der Waals surface area contributed by atoms with Crippen molar-refractivity contribution in [1.29, 1.82) is 0 Å².